The third-order valence-electron chi connectivity index (χ3n) is 2.11. The molecule has 0 heterocycles. The highest BCUT2D eigenvalue weighted by Crippen LogP contribution is 2.33. The molecule has 1 aromatic carbocycles. The van der Waals surface area contributed by atoms with Crippen LogP contribution in [0.5, 0.6) is 11.5 Å². The summed E-state index contributed by atoms with van der Waals surface area (Å²) in [6.45, 7) is 1.87. The van der Waals surface area contributed by atoms with E-state index in [1.54, 1.807) is 13.0 Å². The first-order valence-corrected chi connectivity index (χ1v) is 6.27. The zero-order valence-corrected chi connectivity index (χ0v) is 12.0. The number of amides is 3. The van der Waals surface area contributed by atoms with Gasteiger partial charge in [-0.05, 0) is 13.0 Å². The lowest BCUT2D eigenvalue weighted by molar-refractivity contribution is -0.119. The Morgan fingerprint density at radius 3 is 2.57 bits per heavy atom. The number of carbonyl (C=O) groups excluding carboxylic acids is 2. The summed E-state index contributed by atoms with van der Waals surface area (Å²) in [6, 6.07) is 2.21. The van der Waals surface area contributed by atoms with Crippen molar-refractivity contribution in [2.45, 2.75) is 6.92 Å². The van der Waals surface area contributed by atoms with Gasteiger partial charge in [0.15, 0.2) is 18.1 Å². The SMILES string of the molecule is CCOc1cc(C=NNC(N)=O)c(Cl)cc1OCC(N)=O. The van der Waals surface area contributed by atoms with E-state index < -0.39 is 11.9 Å². The van der Waals surface area contributed by atoms with Crippen molar-refractivity contribution < 1.29 is 19.1 Å². The second-order valence-electron chi connectivity index (χ2n) is 3.74. The Bertz CT molecular complexity index is 562. The minimum Gasteiger partial charge on any atom is -0.490 e. The van der Waals surface area contributed by atoms with E-state index in [1.165, 1.54) is 12.3 Å². The van der Waals surface area contributed by atoms with Gasteiger partial charge in [-0.2, -0.15) is 5.10 Å². The minimum absolute atomic E-state index is 0.278. The van der Waals surface area contributed by atoms with Crippen LogP contribution in [-0.4, -0.2) is 31.4 Å². The van der Waals surface area contributed by atoms with Gasteiger partial charge in [0.2, 0.25) is 0 Å². The summed E-state index contributed by atoms with van der Waals surface area (Å²) in [5.41, 5.74) is 12.4. The Hall–Kier alpha value is -2.48. The Labute approximate surface area is 126 Å². The fourth-order valence-corrected chi connectivity index (χ4v) is 1.55. The van der Waals surface area contributed by atoms with Crippen molar-refractivity contribution in [3.63, 3.8) is 0 Å². The third-order valence-corrected chi connectivity index (χ3v) is 2.44. The molecule has 1 rings (SSSR count). The van der Waals surface area contributed by atoms with Crippen LogP contribution in [0.4, 0.5) is 4.79 Å². The number of nitrogens with two attached hydrogens (primary N) is 2. The molecule has 0 atom stereocenters. The van der Waals surface area contributed by atoms with Crippen LogP contribution in [0.3, 0.4) is 0 Å². The fraction of sp³-hybridized carbons (Fsp3) is 0.250. The number of hydrazone groups is 1. The predicted molar refractivity (Wildman–Crippen MR) is 77.6 cm³/mol. The molecule has 0 aliphatic carbocycles. The number of nitrogens with zero attached hydrogens (tertiary/aromatic N) is 1. The van der Waals surface area contributed by atoms with Gasteiger partial charge in [-0.15, -0.1) is 0 Å². The van der Waals surface area contributed by atoms with Crippen LogP contribution in [-0.2, 0) is 4.79 Å². The topological polar surface area (TPSA) is 129 Å². The number of nitrogens with one attached hydrogen (secondary N) is 1. The van der Waals surface area contributed by atoms with Gasteiger partial charge in [-0.1, -0.05) is 11.6 Å². The number of benzene rings is 1. The molecule has 5 N–H and O–H groups in total. The predicted octanol–water partition coefficient (Wildman–Crippen LogP) is 0.605. The van der Waals surface area contributed by atoms with E-state index >= 15 is 0 Å². The fourth-order valence-electron chi connectivity index (χ4n) is 1.35. The van der Waals surface area contributed by atoms with Crippen molar-refractivity contribution >= 4 is 29.8 Å². The second-order valence-corrected chi connectivity index (χ2v) is 4.15. The van der Waals surface area contributed by atoms with E-state index in [9.17, 15) is 9.59 Å². The zero-order chi connectivity index (χ0) is 15.8. The van der Waals surface area contributed by atoms with Crippen molar-refractivity contribution in [2.75, 3.05) is 13.2 Å². The lowest BCUT2D eigenvalue weighted by Crippen LogP contribution is -2.24. The van der Waals surface area contributed by atoms with Crippen LogP contribution >= 0.6 is 11.6 Å². The molecule has 0 fully saturated rings. The molecule has 0 saturated heterocycles. The average Bonchev–Trinajstić information content (AvgIpc) is 2.40. The average molecular weight is 315 g/mol. The van der Waals surface area contributed by atoms with E-state index in [4.69, 9.17) is 32.5 Å². The molecule has 9 heteroatoms. The lowest BCUT2D eigenvalue weighted by Gasteiger charge is -2.12. The smallest absolute Gasteiger partial charge is 0.332 e. The van der Waals surface area contributed by atoms with Crippen LogP contribution in [0.2, 0.25) is 5.02 Å². The van der Waals surface area contributed by atoms with Gasteiger partial charge in [0, 0.05) is 11.6 Å². The molecule has 21 heavy (non-hydrogen) atoms. The number of ether oxygens (including phenoxy) is 2. The highest BCUT2D eigenvalue weighted by molar-refractivity contribution is 6.33. The quantitative estimate of drug-likeness (QED) is 0.502. The van der Waals surface area contributed by atoms with Crippen molar-refractivity contribution in [1.29, 1.82) is 0 Å². The molecule has 0 bridgehead atoms. The number of urea groups is 1. The van der Waals surface area contributed by atoms with Gasteiger partial charge in [0.05, 0.1) is 17.8 Å². The molecular weight excluding hydrogens is 300 g/mol. The monoisotopic (exact) mass is 314 g/mol. The van der Waals surface area contributed by atoms with Crippen molar-refractivity contribution in [2.24, 2.45) is 16.6 Å². The summed E-state index contributed by atoms with van der Waals surface area (Å²) >= 11 is 6.05. The van der Waals surface area contributed by atoms with Gasteiger partial charge in [0.1, 0.15) is 0 Å². The molecule has 0 spiro atoms. The first-order valence-electron chi connectivity index (χ1n) is 5.90. The summed E-state index contributed by atoms with van der Waals surface area (Å²) in [5, 5.41) is 3.89. The molecule has 114 valence electrons. The van der Waals surface area contributed by atoms with Crippen LogP contribution in [0.25, 0.3) is 0 Å². The van der Waals surface area contributed by atoms with Crippen LogP contribution in [0.1, 0.15) is 12.5 Å². The van der Waals surface area contributed by atoms with Crippen molar-refractivity contribution in [3.05, 3.63) is 22.7 Å². The maximum Gasteiger partial charge on any atom is 0.332 e. The Morgan fingerprint density at radius 1 is 1.33 bits per heavy atom. The number of halogens is 1. The van der Waals surface area contributed by atoms with E-state index in [-0.39, 0.29) is 17.4 Å². The van der Waals surface area contributed by atoms with E-state index in [1.807, 2.05) is 5.43 Å². The van der Waals surface area contributed by atoms with Gasteiger partial charge in [-0.25, -0.2) is 10.2 Å². The molecule has 0 radical (unpaired) electrons. The third kappa shape index (κ3) is 5.57. The van der Waals surface area contributed by atoms with E-state index in [2.05, 4.69) is 5.10 Å². The summed E-state index contributed by atoms with van der Waals surface area (Å²) in [7, 11) is 0. The number of carbonyl (C=O) groups is 2. The first-order chi connectivity index (χ1) is 9.93. The second kappa shape index (κ2) is 7.95. The summed E-state index contributed by atoms with van der Waals surface area (Å²) in [5.74, 6) is 0.0224. The highest BCUT2D eigenvalue weighted by atomic mass is 35.5. The molecule has 1 aromatic rings. The van der Waals surface area contributed by atoms with Gasteiger partial charge >= 0.3 is 6.03 Å². The Kier molecular flexibility index (Phi) is 6.28. The Morgan fingerprint density at radius 2 is 2.00 bits per heavy atom. The van der Waals surface area contributed by atoms with E-state index in [0.717, 1.165) is 0 Å². The normalized spacial score (nSPS) is 10.4. The molecule has 0 aliphatic heterocycles. The molecule has 3 amide bonds. The highest BCUT2D eigenvalue weighted by Gasteiger charge is 2.11. The van der Waals surface area contributed by atoms with E-state index in [0.29, 0.717) is 17.9 Å². The number of hydrogen-bond acceptors (Lipinski definition) is 5. The first kappa shape index (κ1) is 16.6. The molecular formula is C12H15ClN4O4. The van der Waals surface area contributed by atoms with Crippen molar-refractivity contribution in [1.82, 2.24) is 5.43 Å². The molecule has 0 saturated carbocycles. The summed E-state index contributed by atoms with van der Waals surface area (Å²) in [4.78, 5) is 21.3. The minimum atomic E-state index is -0.797. The molecule has 0 aromatic heterocycles. The zero-order valence-electron chi connectivity index (χ0n) is 11.3. The summed E-state index contributed by atoms with van der Waals surface area (Å²) in [6.07, 6.45) is 1.30. The lowest BCUT2D eigenvalue weighted by atomic mass is 10.2. The maximum atomic E-state index is 10.7. The molecule has 0 aliphatic rings. The molecule has 8 nitrogen and oxygen atoms in total. The maximum absolute atomic E-state index is 10.7. The Balaban J connectivity index is 3.01. The summed E-state index contributed by atoms with van der Waals surface area (Å²) < 4.78 is 10.6. The van der Waals surface area contributed by atoms with Gasteiger partial charge in [0.25, 0.3) is 5.91 Å². The van der Waals surface area contributed by atoms with Crippen LogP contribution in [0, 0.1) is 0 Å². The van der Waals surface area contributed by atoms with Gasteiger partial charge < -0.3 is 20.9 Å². The van der Waals surface area contributed by atoms with Crippen LogP contribution < -0.4 is 26.4 Å². The van der Waals surface area contributed by atoms with Gasteiger partial charge in [-0.3, -0.25) is 4.79 Å². The van der Waals surface area contributed by atoms with Crippen LogP contribution in [0.15, 0.2) is 17.2 Å². The standard InChI is InChI=1S/C12H15ClN4O4/c1-2-20-9-3-7(5-16-17-12(15)19)8(13)4-10(9)21-6-11(14)18/h3-5H,2,6H2,1H3,(H2,14,18)(H3,15,17,19). The number of primary amides is 2. The number of hydrogen-bond donors (Lipinski definition) is 3. The largest absolute Gasteiger partial charge is 0.490 e. The molecule has 0 unspecified atom stereocenters. The number of rotatable bonds is 7. The van der Waals surface area contributed by atoms with Crippen molar-refractivity contribution in [3.8, 4) is 11.5 Å².